The van der Waals surface area contributed by atoms with Crippen molar-refractivity contribution in [2.75, 3.05) is 13.1 Å². The van der Waals surface area contributed by atoms with E-state index in [1.54, 1.807) is 12.4 Å². The molecule has 0 aliphatic carbocycles. The van der Waals surface area contributed by atoms with Crippen LogP contribution in [0.15, 0.2) is 78.1 Å². The predicted molar refractivity (Wildman–Crippen MR) is 125 cm³/mol. The fraction of sp³-hybridized carbons (Fsp3) is 0.269. The molecule has 2 aromatic heterocycles. The fourth-order valence-electron chi connectivity index (χ4n) is 4.63. The molecule has 2 aliphatic heterocycles. The molecule has 6 heteroatoms. The molecule has 0 spiro atoms. The maximum absolute atomic E-state index is 13.5. The molecule has 32 heavy (non-hydrogen) atoms. The van der Waals surface area contributed by atoms with E-state index in [0.717, 1.165) is 42.8 Å². The summed E-state index contributed by atoms with van der Waals surface area (Å²) in [7, 11) is 0. The zero-order valence-electron chi connectivity index (χ0n) is 17.8. The molecule has 162 valence electrons. The Bertz CT molecular complexity index is 1120. The molecule has 0 N–H and O–H groups in total. The summed E-state index contributed by atoms with van der Waals surface area (Å²) in [4.78, 5) is 35.4. The van der Waals surface area contributed by atoms with Gasteiger partial charge in [-0.05, 0) is 53.8 Å². The highest BCUT2D eigenvalue weighted by atomic mass is 32.1. The number of imide groups is 1. The Morgan fingerprint density at radius 1 is 0.906 bits per heavy atom. The lowest BCUT2D eigenvalue weighted by molar-refractivity contribution is -0.138. The Morgan fingerprint density at radius 3 is 2.38 bits per heavy atom. The van der Waals surface area contributed by atoms with E-state index in [-0.39, 0.29) is 18.4 Å². The highest BCUT2D eigenvalue weighted by molar-refractivity contribution is 7.11. The SMILES string of the molecule is O=C1C(c2cccs2)=C(N2CCC(Cc3ccccc3)CC2)C(=O)N1Cc1cccnc1. The quantitative estimate of drug-likeness (QED) is 0.531. The molecule has 2 amide bonds. The summed E-state index contributed by atoms with van der Waals surface area (Å²) >= 11 is 1.51. The number of nitrogens with zero attached hydrogens (tertiary/aromatic N) is 3. The van der Waals surface area contributed by atoms with Crippen molar-refractivity contribution in [1.82, 2.24) is 14.8 Å². The van der Waals surface area contributed by atoms with Crippen molar-refractivity contribution in [1.29, 1.82) is 0 Å². The predicted octanol–water partition coefficient (Wildman–Crippen LogP) is 4.38. The number of carbonyl (C=O) groups is 2. The maximum atomic E-state index is 13.5. The number of pyridine rings is 1. The molecule has 0 unspecified atom stereocenters. The third kappa shape index (κ3) is 4.10. The van der Waals surface area contributed by atoms with Gasteiger partial charge in [0, 0.05) is 30.4 Å². The number of thiophene rings is 1. The van der Waals surface area contributed by atoms with E-state index >= 15 is 0 Å². The monoisotopic (exact) mass is 443 g/mol. The molecule has 0 radical (unpaired) electrons. The number of hydrogen-bond acceptors (Lipinski definition) is 5. The van der Waals surface area contributed by atoms with Crippen LogP contribution in [0.4, 0.5) is 0 Å². The molecule has 5 rings (SSSR count). The average Bonchev–Trinajstić information content (AvgIpc) is 3.44. The van der Waals surface area contributed by atoms with Gasteiger partial charge in [-0.1, -0.05) is 42.5 Å². The van der Waals surface area contributed by atoms with E-state index < -0.39 is 0 Å². The zero-order chi connectivity index (χ0) is 21.9. The molecule has 0 bridgehead atoms. The van der Waals surface area contributed by atoms with Crippen molar-refractivity contribution in [2.24, 2.45) is 5.92 Å². The summed E-state index contributed by atoms with van der Waals surface area (Å²) in [5, 5.41) is 1.95. The van der Waals surface area contributed by atoms with Crippen LogP contribution in [0.3, 0.4) is 0 Å². The van der Waals surface area contributed by atoms with Crippen LogP contribution in [-0.2, 0) is 22.6 Å². The smallest absolute Gasteiger partial charge is 0.278 e. The van der Waals surface area contributed by atoms with Crippen LogP contribution in [0.2, 0.25) is 0 Å². The first-order chi connectivity index (χ1) is 15.7. The molecule has 1 aromatic carbocycles. The van der Waals surface area contributed by atoms with E-state index in [4.69, 9.17) is 0 Å². The van der Waals surface area contributed by atoms with E-state index in [1.807, 2.05) is 35.7 Å². The van der Waals surface area contributed by atoms with Crippen molar-refractivity contribution in [3.8, 4) is 0 Å². The minimum absolute atomic E-state index is 0.191. The van der Waals surface area contributed by atoms with Crippen molar-refractivity contribution < 1.29 is 9.59 Å². The van der Waals surface area contributed by atoms with Gasteiger partial charge in [0.2, 0.25) is 0 Å². The van der Waals surface area contributed by atoms with Gasteiger partial charge in [-0.3, -0.25) is 19.5 Å². The summed E-state index contributed by atoms with van der Waals surface area (Å²) < 4.78 is 0. The van der Waals surface area contributed by atoms with Crippen LogP contribution in [0.1, 0.15) is 28.8 Å². The molecule has 0 saturated carbocycles. The van der Waals surface area contributed by atoms with Gasteiger partial charge in [-0.25, -0.2) is 0 Å². The van der Waals surface area contributed by atoms with Crippen LogP contribution >= 0.6 is 11.3 Å². The highest BCUT2D eigenvalue weighted by Crippen LogP contribution is 2.36. The van der Waals surface area contributed by atoms with Gasteiger partial charge in [0.1, 0.15) is 5.70 Å². The number of carbonyl (C=O) groups excluding carboxylic acids is 2. The van der Waals surface area contributed by atoms with E-state index in [0.29, 0.717) is 17.2 Å². The van der Waals surface area contributed by atoms with E-state index in [2.05, 4.69) is 34.1 Å². The van der Waals surface area contributed by atoms with Gasteiger partial charge < -0.3 is 4.90 Å². The Balaban J connectivity index is 1.37. The van der Waals surface area contributed by atoms with Crippen molar-refractivity contribution >= 4 is 28.7 Å². The molecule has 1 fully saturated rings. The van der Waals surface area contributed by atoms with Crippen molar-refractivity contribution in [3.05, 3.63) is 94.1 Å². The standard InChI is InChI=1S/C26H25N3O2S/c30-25-23(22-9-5-15-32-22)24(26(31)29(25)18-21-8-4-12-27-17-21)28-13-10-20(11-14-28)16-19-6-2-1-3-7-19/h1-9,12,15,17,20H,10-11,13-14,16,18H2. The number of rotatable bonds is 6. The molecule has 1 saturated heterocycles. The Labute approximate surface area is 192 Å². The molecule has 2 aliphatic rings. The summed E-state index contributed by atoms with van der Waals surface area (Å²) in [6, 6.07) is 18.2. The molecular weight excluding hydrogens is 418 g/mol. The average molecular weight is 444 g/mol. The normalized spacial score (nSPS) is 17.5. The van der Waals surface area contributed by atoms with Crippen LogP contribution in [-0.4, -0.2) is 39.7 Å². The van der Waals surface area contributed by atoms with E-state index in [1.165, 1.54) is 21.8 Å². The van der Waals surface area contributed by atoms with Gasteiger partial charge in [-0.15, -0.1) is 11.3 Å². The van der Waals surface area contributed by atoms with Gasteiger partial charge in [0.05, 0.1) is 12.1 Å². The summed E-state index contributed by atoms with van der Waals surface area (Å²) in [5.41, 5.74) is 3.33. The van der Waals surface area contributed by atoms with Gasteiger partial charge in [0.15, 0.2) is 0 Å². The number of likely N-dealkylation sites (tertiary alicyclic amines) is 1. The first-order valence-electron chi connectivity index (χ1n) is 11.0. The molecule has 0 atom stereocenters. The van der Waals surface area contributed by atoms with Crippen LogP contribution in [0, 0.1) is 5.92 Å². The second-order valence-corrected chi connectivity index (χ2v) is 9.33. The summed E-state index contributed by atoms with van der Waals surface area (Å²) in [6.07, 6.45) is 6.49. The lowest BCUT2D eigenvalue weighted by Gasteiger charge is -2.34. The van der Waals surface area contributed by atoms with Crippen LogP contribution in [0.25, 0.3) is 5.57 Å². The molecular formula is C26H25N3O2S. The number of piperidine rings is 1. The minimum Gasteiger partial charge on any atom is -0.366 e. The summed E-state index contributed by atoms with van der Waals surface area (Å²) in [5.74, 6) is 0.199. The molecule has 5 nitrogen and oxygen atoms in total. The lowest BCUT2D eigenvalue weighted by atomic mass is 9.90. The highest BCUT2D eigenvalue weighted by Gasteiger charge is 2.42. The number of benzene rings is 1. The third-order valence-electron chi connectivity index (χ3n) is 6.27. The Kier molecular flexibility index (Phi) is 5.86. The molecule has 4 heterocycles. The molecule has 3 aromatic rings. The first-order valence-corrected chi connectivity index (χ1v) is 11.9. The lowest BCUT2D eigenvalue weighted by Crippen LogP contribution is -2.38. The number of amides is 2. The van der Waals surface area contributed by atoms with E-state index in [9.17, 15) is 9.59 Å². The topological polar surface area (TPSA) is 53.5 Å². The van der Waals surface area contributed by atoms with Crippen LogP contribution < -0.4 is 0 Å². The van der Waals surface area contributed by atoms with Crippen molar-refractivity contribution in [2.45, 2.75) is 25.8 Å². The number of hydrogen-bond donors (Lipinski definition) is 0. The fourth-order valence-corrected chi connectivity index (χ4v) is 5.39. The van der Waals surface area contributed by atoms with Crippen molar-refractivity contribution in [3.63, 3.8) is 0 Å². The summed E-state index contributed by atoms with van der Waals surface area (Å²) in [6.45, 7) is 1.83. The second-order valence-electron chi connectivity index (χ2n) is 8.38. The van der Waals surface area contributed by atoms with Gasteiger partial charge >= 0.3 is 0 Å². The van der Waals surface area contributed by atoms with Gasteiger partial charge in [-0.2, -0.15) is 0 Å². The third-order valence-corrected chi connectivity index (χ3v) is 7.16. The Morgan fingerprint density at radius 2 is 1.69 bits per heavy atom. The van der Waals surface area contributed by atoms with Gasteiger partial charge in [0.25, 0.3) is 11.8 Å². The van der Waals surface area contributed by atoms with Crippen LogP contribution in [0.5, 0.6) is 0 Å². The zero-order valence-corrected chi connectivity index (χ0v) is 18.6. The largest absolute Gasteiger partial charge is 0.366 e. The maximum Gasteiger partial charge on any atom is 0.278 e. The Hall–Kier alpha value is -3.25. The second kappa shape index (κ2) is 9.09. The first kappa shape index (κ1) is 20.6. The number of aromatic nitrogens is 1. The minimum atomic E-state index is -0.206.